The zero-order valence-electron chi connectivity index (χ0n) is 11.8. The number of unbranched alkanes of at least 4 members (excludes halogenated alkanes) is 8. The zero-order chi connectivity index (χ0) is 12.3. The first-order valence-electron chi connectivity index (χ1n) is 6.07. The van der Waals surface area contributed by atoms with Gasteiger partial charge in [-0.25, -0.2) is 0 Å². The molecule has 0 heterocycles. The molecule has 0 saturated heterocycles. The fourth-order valence-electron chi connectivity index (χ4n) is 1.62. The minimum absolute atomic E-state index is 0. The van der Waals surface area contributed by atoms with E-state index in [0.29, 0.717) is 6.42 Å². The summed E-state index contributed by atoms with van der Waals surface area (Å²) in [5, 5.41) is 1.10. The molecule has 0 spiro atoms. The molecule has 0 aromatic rings. The molecule has 0 aliphatic rings. The summed E-state index contributed by atoms with van der Waals surface area (Å²) in [6, 6.07) is 0. The second kappa shape index (κ2) is 13.8. The van der Waals surface area contributed by atoms with E-state index >= 15 is 0 Å². The maximum atomic E-state index is 10.4. The summed E-state index contributed by atoms with van der Waals surface area (Å²) in [5.41, 5.74) is 0. The molecule has 100 valence electrons. The normalized spacial score (nSPS) is 11.2. The average molecular weight is 339 g/mol. The van der Waals surface area contributed by atoms with Gasteiger partial charge in [0.05, 0.1) is 5.75 Å². The fraction of sp³-hybridized carbons (Fsp3) is 1.00. The summed E-state index contributed by atoms with van der Waals surface area (Å²) in [6.45, 7) is 0. The van der Waals surface area contributed by atoms with Crippen LogP contribution in [-0.2, 0) is 10.1 Å². The summed E-state index contributed by atoms with van der Waals surface area (Å²) >= 11 is 3.41. The topological polar surface area (TPSA) is 54.4 Å². The number of halogens is 1. The number of hydrogen-bond donors (Lipinski definition) is 1. The molecule has 6 heteroatoms. The molecular weight excluding hydrogens is 315 g/mol. The smallest absolute Gasteiger partial charge is 1.00 e. The van der Waals surface area contributed by atoms with Gasteiger partial charge in [0.1, 0.15) is 0 Å². The van der Waals surface area contributed by atoms with Crippen LogP contribution in [0.3, 0.4) is 0 Å². The molecule has 0 aromatic carbocycles. The molecule has 0 atom stereocenters. The quantitative estimate of drug-likeness (QED) is 0.263. The first-order chi connectivity index (χ1) is 7.56. The first kappa shape index (κ1) is 20.7. The van der Waals surface area contributed by atoms with E-state index in [-0.39, 0.29) is 36.7 Å². The molecule has 0 aliphatic heterocycles. The molecule has 3 nitrogen and oxygen atoms in total. The summed E-state index contributed by atoms with van der Waals surface area (Å²) in [5.74, 6) is -0.0851. The van der Waals surface area contributed by atoms with Crippen LogP contribution in [0.15, 0.2) is 0 Å². The Morgan fingerprint density at radius 1 is 0.824 bits per heavy atom. The largest absolute Gasteiger partial charge is 1.00 e. The van der Waals surface area contributed by atoms with Crippen molar-refractivity contribution < 1.29 is 44.0 Å². The third-order valence-corrected chi connectivity index (χ3v) is 3.90. The van der Waals surface area contributed by atoms with Crippen LogP contribution in [0, 0.1) is 0 Å². The Morgan fingerprint density at radius 3 is 1.53 bits per heavy atom. The molecule has 1 N–H and O–H groups in total. The molecule has 0 fully saturated rings. The molecule has 0 bridgehead atoms. The zero-order valence-corrected chi connectivity index (χ0v) is 15.2. The monoisotopic (exact) mass is 338 g/mol. The van der Waals surface area contributed by atoms with Gasteiger partial charge in [0.2, 0.25) is 0 Å². The molecule has 0 aliphatic carbocycles. The van der Waals surface area contributed by atoms with E-state index in [0.717, 1.165) is 18.2 Å². The van der Waals surface area contributed by atoms with Crippen LogP contribution >= 0.6 is 15.9 Å². The van der Waals surface area contributed by atoms with Gasteiger partial charge >= 0.3 is 29.6 Å². The van der Waals surface area contributed by atoms with Crippen LogP contribution in [0.25, 0.3) is 0 Å². The number of alkyl halides is 1. The number of hydrogen-bond acceptors (Lipinski definition) is 2. The van der Waals surface area contributed by atoms with E-state index in [9.17, 15) is 8.42 Å². The van der Waals surface area contributed by atoms with Crippen molar-refractivity contribution in [3.05, 3.63) is 0 Å². The fourth-order valence-corrected chi connectivity index (χ4v) is 2.58. The maximum Gasteiger partial charge on any atom is 1.00 e. The van der Waals surface area contributed by atoms with Gasteiger partial charge in [0.15, 0.2) is 0 Å². The second-order valence-corrected chi connectivity index (χ2v) is 6.52. The molecule has 0 amide bonds. The maximum absolute atomic E-state index is 10.4. The standard InChI is InChI=1S/C11H23BrO3S.Na.H/c12-10-8-6-4-2-1-3-5-7-9-11-16(13,14)15;;/h1-11H2,(H,13,14,15);;/q;+1;-1. The molecule has 0 aromatic heterocycles. The molecular formula is C11H24BrNaO3S. The van der Waals surface area contributed by atoms with Gasteiger partial charge < -0.3 is 1.43 Å². The molecule has 0 rings (SSSR count). The molecule has 0 radical (unpaired) electrons. The van der Waals surface area contributed by atoms with E-state index in [1.54, 1.807) is 0 Å². The number of rotatable bonds is 11. The summed E-state index contributed by atoms with van der Waals surface area (Å²) in [6.07, 6.45) is 10.1. The van der Waals surface area contributed by atoms with Crippen LogP contribution in [-0.4, -0.2) is 24.1 Å². The van der Waals surface area contributed by atoms with Crippen molar-refractivity contribution in [2.45, 2.75) is 57.8 Å². The van der Waals surface area contributed by atoms with Gasteiger partial charge in [-0.15, -0.1) is 0 Å². The summed E-state index contributed by atoms with van der Waals surface area (Å²) in [7, 11) is -3.74. The van der Waals surface area contributed by atoms with Crippen LogP contribution < -0.4 is 29.6 Å². The molecule has 17 heavy (non-hydrogen) atoms. The SMILES string of the molecule is O=S(=O)(O)CCCCCCCCCCCBr.[H-].[Na+]. The van der Waals surface area contributed by atoms with E-state index in [2.05, 4.69) is 15.9 Å². The second-order valence-electron chi connectivity index (χ2n) is 4.16. The Morgan fingerprint density at radius 2 is 1.18 bits per heavy atom. The molecule has 0 unspecified atom stereocenters. The third kappa shape index (κ3) is 19.9. The molecule has 0 saturated carbocycles. The Hall–Kier alpha value is 1.39. The van der Waals surface area contributed by atoms with Crippen molar-refractivity contribution in [2.75, 3.05) is 11.1 Å². The van der Waals surface area contributed by atoms with Gasteiger partial charge in [0.25, 0.3) is 10.1 Å². The van der Waals surface area contributed by atoms with E-state index < -0.39 is 10.1 Å². The summed E-state index contributed by atoms with van der Waals surface area (Å²) in [4.78, 5) is 0. The van der Waals surface area contributed by atoms with Crippen LogP contribution in [0.5, 0.6) is 0 Å². The minimum Gasteiger partial charge on any atom is -1.00 e. The van der Waals surface area contributed by atoms with Crippen LogP contribution in [0.1, 0.15) is 59.2 Å². The first-order valence-corrected chi connectivity index (χ1v) is 8.80. The van der Waals surface area contributed by atoms with E-state index in [1.807, 2.05) is 0 Å². The Bertz CT molecular complexity index is 251. The van der Waals surface area contributed by atoms with Gasteiger partial charge in [-0.1, -0.05) is 60.9 Å². The Balaban J connectivity index is -0.00000112. The van der Waals surface area contributed by atoms with Crippen LogP contribution in [0.2, 0.25) is 0 Å². The predicted molar refractivity (Wildman–Crippen MR) is 72.9 cm³/mol. The van der Waals surface area contributed by atoms with Crippen molar-refractivity contribution in [1.82, 2.24) is 0 Å². The van der Waals surface area contributed by atoms with Gasteiger partial charge in [-0.3, -0.25) is 4.55 Å². The van der Waals surface area contributed by atoms with Crippen molar-refractivity contribution in [3.8, 4) is 0 Å². The van der Waals surface area contributed by atoms with Gasteiger partial charge in [-0.2, -0.15) is 8.42 Å². The average Bonchev–Trinajstić information content (AvgIpc) is 2.19. The van der Waals surface area contributed by atoms with E-state index in [4.69, 9.17) is 4.55 Å². The predicted octanol–water partition coefficient (Wildman–Crippen LogP) is 0.897. The van der Waals surface area contributed by atoms with Crippen LogP contribution in [0.4, 0.5) is 0 Å². The third-order valence-electron chi connectivity index (χ3n) is 2.54. The van der Waals surface area contributed by atoms with Crippen molar-refractivity contribution in [1.29, 1.82) is 0 Å². The van der Waals surface area contributed by atoms with Crippen molar-refractivity contribution in [3.63, 3.8) is 0 Å². The van der Waals surface area contributed by atoms with Crippen molar-refractivity contribution >= 4 is 26.0 Å². The van der Waals surface area contributed by atoms with Gasteiger partial charge in [0, 0.05) is 5.33 Å². The van der Waals surface area contributed by atoms with Crippen molar-refractivity contribution in [2.24, 2.45) is 0 Å². The van der Waals surface area contributed by atoms with Gasteiger partial charge in [-0.05, 0) is 12.8 Å². The Kier molecular flexibility index (Phi) is 16.8. The van der Waals surface area contributed by atoms with E-state index in [1.165, 1.54) is 38.5 Å². The summed E-state index contributed by atoms with van der Waals surface area (Å²) < 4.78 is 29.3. The Labute approximate surface area is 138 Å². The minimum atomic E-state index is -3.74.